The van der Waals surface area contributed by atoms with E-state index in [1.165, 1.54) is 6.07 Å². The Morgan fingerprint density at radius 2 is 2.17 bits per heavy atom. The summed E-state index contributed by atoms with van der Waals surface area (Å²) in [6.07, 6.45) is 0.602. The molecule has 4 nitrogen and oxygen atoms in total. The van der Waals surface area contributed by atoms with E-state index in [1.807, 2.05) is 6.92 Å². The predicted molar refractivity (Wildman–Crippen MR) is 60.2 cm³/mol. The van der Waals surface area contributed by atoms with Gasteiger partial charge in [0.25, 0.3) is 5.91 Å². The van der Waals surface area contributed by atoms with Gasteiger partial charge in [0.2, 0.25) is 0 Å². The van der Waals surface area contributed by atoms with Crippen molar-refractivity contribution >= 4 is 11.6 Å². The summed E-state index contributed by atoms with van der Waals surface area (Å²) < 4.78 is 30.8. The SMILES string of the molecule is CCc1cc(C(=O)Nc2ccc(F)cc2F)no1. The number of rotatable bonds is 3. The minimum Gasteiger partial charge on any atom is -0.361 e. The molecule has 2 rings (SSSR count). The fraction of sp³-hybridized carbons (Fsp3) is 0.167. The average molecular weight is 252 g/mol. The van der Waals surface area contributed by atoms with Crippen LogP contribution in [-0.2, 0) is 6.42 Å². The normalized spacial score (nSPS) is 10.4. The Labute approximate surface area is 102 Å². The van der Waals surface area contributed by atoms with Gasteiger partial charge in [0.1, 0.15) is 17.4 Å². The fourth-order valence-electron chi connectivity index (χ4n) is 1.36. The maximum absolute atomic E-state index is 13.3. The lowest BCUT2D eigenvalue weighted by molar-refractivity contribution is 0.101. The number of hydrogen-bond donors (Lipinski definition) is 1. The van der Waals surface area contributed by atoms with Crippen molar-refractivity contribution in [3.05, 3.63) is 47.4 Å². The summed E-state index contributed by atoms with van der Waals surface area (Å²) in [4.78, 5) is 11.7. The molecule has 0 radical (unpaired) electrons. The van der Waals surface area contributed by atoms with E-state index in [0.717, 1.165) is 12.1 Å². The van der Waals surface area contributed by atoms with E-state index in [9.17, 15) is 13.6 Å². The molecule has 0 atom stereocenters. The molecule has 0 saturated carbocycles. The van der Waals surface area contributed by atoms with E-state index in [-0.39, 0.29) is 11.4 Å². The summed E-state index contributed by atoms with van der Waals surface area (Å²) in [5.74, 6) is -1.61. The molecule has 1 aromatic carbocycles. The number of carbonyl (C=O) groups excluding carboxylic acids is 1. The number of hydrogen-bond acceptors (Lipinski definition) is 3. The topological polar surface area (TPSA) is 55.1 Å². The van der Waals surface area contributed by atoms with Crippen molar-refractivity contribution in [1.29, 1.82) is 0 Å². The van der Waals surface area contributed by atoms with Crippen LogP contribution in [0.2, 0.25) is 0 Å². The number of nitrogens with zero attached hydrogens (tertiary/aromatic N) is 1. The number of benzene rings is 1. The van der Waals surface area contributed by atoms with Gasteiger partial charge in [0.15, 0.2) is 5.69 Å². The summed E-state index contributed by atoms with van der Waals surface area (Å²) in [5, 5.41) is 5.83. The fourth-order valence-corrected chi connectivity index (χ4v) is 1.36. The van der Waals surface area contributed by atoms with Crippen molar-refractivity contribution < 1.29 is 18.1 Å². The zero-order chi connectivity index (χ0) is 13.1. The van der Waals surface area contributed by atoms with Crippen LogP contribution in [0.4, 0.5) is 14.5 Å². The van der Waals surface area contributed by atoms with Gasteiger partial charge in [-0.25, -0.2) is 8.78 Å². The summed E-state index contributed by atoms with van der Waals surface area (Å²) in [5.41, 5.74) is -0.0574. The Bertz CT molecular complexity index is 581. The molecule has 0 aliphatic rings. The smallest absolute Gasteiger partial charge is 0.277 e. The van der Waals surface area contributed by atoms with Crippen LogP contribution in [-0.4, -0.2) is 11.1 Å². The van der Waals surface area contributed by atoms with E-state index in [2.05, 4.69) is 10.5 Å². The molecule has 0 saturated heterocycles. The van der Waals surface area contributed by atoms with Gasteiger partial charge in [-0.15, -0.1) is 0 Å². The van der Waals surface area contributed by atoms with Crippen LogP contribution in [0.15, 0.2) is 28.8 Å². The molecule has 0 spiro atoms. The summed E-state index contributed by atoms with van der Waals surface area (Å²) in [6.45, 7) is 1.85. The molecule has 94 valence electrons. The number of halogens is 2. The van der Waals surface area contributed by atoms with E-state index in [0.29, 0.717) is 18.2 Å². The number of carbonyl (C=O) groups is 1. The van der Waals surface area contributed by atoms with Gasteiger partial charge in [0, 0.05) is 18.6 Å². The third kappa shape index (κ3) is 2.53. The minimum absolute atomic E-state index is 0.0515. The highest BCUT2D eigenvalue weighted by molar-refractivity contribution is 6.02. The first-order valence-corrected chi connectivity index (χ1v) is 5.32. The van der Waals surface area contributed by atoms with Gasteiger partial charge in [0.05, 0.1) is 5.69 Å². The van der Waals surface area contributed by atoms with Crippen molar-refractivity contribution in [2.24, 2.45) is 0 Å². The second kappa shape index (κ2) is 4.95. The van der Waals surface area contributed by atoms with Gasteiger partial charge in [-0.2, -0.15) is 0 Å². The monoisotopic (exact) mass is 252 g/mol. The van der Waals surface area contributed by atoms with Crippen LogP contribution >= 0.6 is 0 Å². The molecule has 2 aromatic rings. The molecular weight excluding hydrogens is 242 g/mol. The van der Waals surface area contributed by atoms with E-state index in [1.54, 1.807) is 0 Å². The zero-order valence-electron chi connectivity index (χ0n) is 9.54. The Balaban J connectivity index is 2.16. The van der Waals surface area contributed by atoms with Crippen LogP contribution in [0.1, 0.15) is 23.2 Å². The maximum atomic E-state index is 13.3. The van der Waals surface area contributed by atoms with Gasteiger partial charge < -0.3 is 9.84 Å². The van der Waals surface area contributed by atoms with Crippen molar-refractivity contribution in [2.75, 3.05) is 5.32 Å². The number of aromatic nitrogens is 1. The predicted octanol–water partition coefficient (Wildman–Crippen LogP) is 2.77. The second-order valence-electron chi connectivity index (χ2n) is 3.61. The number of amides is 1. The Morgan fingerprint density at radius 1 is 1.39 bits per heavy atom. The van der Waals surface area contributed by atoms with Crippen LogP contribution in [0, 0.1) is 11.6 Å². The van der Waals surface area contributed by atoms with Crippen LogP contribution in [0.5, 0.6) is 0 Å². The minimum atomic E-state index is -0.845. The molecular formula is C12H10F2N2O2. The highest BCUT2D eigenvalue weighted by atomic mass is 19.1. The molecule has 0 aliphatic heterocycles. The van der Waals surface area contributed by atoms with E-state index in [4.69, 9.17) is 4.52 Å². The Kier molecular flexibility index (Phi) is 3.36. The highest BCUT2D eigenvalue weighted by Crippen LogP contribution is 2.16. The van der Waals surface area contributed by atoms with Crippen LogP contribution in [0.3, 0.4) is 0 Å². The maximum Gasteiger partial charge on any atom is 0.277 e. The third-order valence-electron chi connectivity index (χ3n) is 2.32. The number of nitrogens with one attached hydrogen (secondary N) is 1. The number of anilines is 1. The zero-order valence-corrected chi connectivity index (χ0v) is 9.54. The van der Waals surface area contributed by atoms with Crippen LogP contribution < -0.4 is 5.32 Å². The molecule has 0 bridgehead atoms. The Hall–Kier alpha value is -2.24. The van der Waals surface area contributed by atoms with Gasteiger partial charge in [-0.1, -0.05) is 12.1 Å². The quantitative estimate of drug-likeness (QED) is 0.913. The standard InChI is InChI=1S/C12H10F2N2O2/c1-2-8-6-11(16-18-8)12(17)15-10-4-3-7(13)5-9(10)14/h3-6H,2H2,1H3,(H,15,17). The molecule has 1 N–H and O–H groups in total. The molecule has 0 unspecified atom stereocenters. The molecule has 1 amide bonds. The molecule has 0 aliphatic carbocycles. The molecule has 18 heavy (non-hydrogen) atoms. The van der Waals surface area contributed by atoms with Crippen LogP contribution in [0.25, 0.3) is 0 Å². The lowest BCUT2D eigenvalue weighted by Crippen LogP contribution is -2.13. The first kappa shape index (κ1) is 12.2. The molecule has 1 aromatic heterocycles. The van der Waals surface area contributed by atoms with Gasteiger partial charge >= 0.3 is 0 Å². The van der Waals surface area contributed by atoms with Crippen molar-refractivity contribution in [3.8, 4) is 0 Å². The highest BCUT2D eigenvalue weighted by Gasteiger charge is 2.14. The second-order valence-corrected chi connectivity index (χ2v) is 3.61. The Morgan fingerprint density at radius 3 is 2.78 bits per heavy atom. The molecule has 1 heterocycles. The lowest BCUT2D eigenvalue weighted by atomic mass is 10.2. The van der Waals surface area contributed by atoms with Gasteiger partial charge in [-0.3, -0.25) is 4.79 Å². The van der Waals surface area contributed by atoms with Crippen molar-refractivity contribution in [2.45, 2.75) is 13.3 Å². The van der Waals surface area contributed by atoms with Crippen molar-refractivity contribution in [1.82, 2.24) is 5.16 Å². The third-order valence-corrected chi connectivity index (χ3v) is 2.32. The lowest BCUT2D eigenvalue weighted by Gasteiger charge is -2.03. The summed E-state index contributed by atoms with van der Waals surface area (Å²) >= 11 is 0. The summed E-state index contributed by atoms with van der Waals surface area (Å²) in [7, 11) is 0. The summed E-state index contributed by atoms with van der Waals surface area (Å²) in [6, 6.07) is 4.36. The molecule has 0 fully saturated rings. The average Bonchev–Trinajstić information content (AvgIpc) is 2.81. The van der Waals surface area contributed by atoms with E-state index < -0.39 is 17.5 Å². The first-order valence-electron chi connectivity index (χ1n) is 5.32. The van der Waals surface area contributed by atoms with Crippen molar-refractivity contribution in [3.63, 3.8) is 0 Å². The van der Waals surface area contributed by atoms with E-state index >= 15 is 0 Å². The first-order chi connectivity index (χ1) is 8.60. The van der Waals surface area contributed by atoms with Gasteiger partial charge in [-0.05, 0) is 12.1 Å². The number of aryl methyl sites for hydroxylation is 1. The largest absolute Gasteiger partial charge is 0.361 e. The molecule has 6 heteroatoms.